The molecule has 0 aliphatic carbocycles. The van der Waals surface area contributed by atoms with Gasteiger partial charge in [0, 0.05) is 24.5 Å². The molecule has 0 bridgehead atoms. The predicted octanol–water partition coefficient (Wildman–Crippen LogP) is 1.19. The maximum Gasteiger partial charge on any atom is 0.324 e. The van der Waals surface area contributed by atoms with Gasteiger partial charge in [-0.15, -0.1) is 0 Å². The zero-order valence-electron chi connectivity index (χ0n) is 15.0. The number of amides is 3. The van der Waals surface area contributed by atoms with Crippen molar-refractivity contribution < 1.29 is 31.5 Å². The minimum absolute atomic E-state index is 0.0220. The van der Waals surface area contributed by atoms with Gasteiger partial charge in [-0.25, -0.2) is 26.7 Å². The number of sulfonamides is 1. The molecule has 3 amide bonds. The minimum atomic E-state index is -3.91. The Morgan fingerprint density at radius 3 is 2.72 bits per heavy atom. The summed E-state index contributed by atoms with van der Waals surface area (Å²) in [5.41, 5.74) is 1.24. The molecule has 9 nitrogen and oxygen atoms in total. The number of hydrogen-bond donors (Lipinski definition) is 3. The lowest BCUT2D eigenvalue weighted by atomic mass is 10.3. The van der Waals surface area contributed by atoms with Gasteiger partial charge in [-0.2, -0.15) is 0 Å². The summed E-state index contributed by atoms with van der Waals surface area (Å²) in [7, 11) is -3.91. The lowest BCUT2D eigenvalue weighted by Crippen LogP contribution is -2.27. The van der Waals surface area contributed by atoms with Gasteiger partial charge in [0.15, 0.2) is 0 Å². The number of H-pyrrole nitrogens is 1. The maximum absolute atomic E-state index is 12.4. The number of nitrogens with one attached hydrogen (secondary N) is 3. The molecule has 3 N–H and O–H groups in total. The average molecular weight is 428 g/mol. The third-order valence-corrected chi connectivity index (χ3v) is 5.39. The van der Waals surface area contributed by atoms with Crippen LogP contribution in [0.4, 0.5) is 13.6 Å². The van der Waals surface area contributed by atoms with Gasteiger partial charge in [0.1, 0.15) is 18.9 Å². The molecular weight excluding hydrogens is 410 g/mol. The van der Waals surface area contributed by atoms with E-state index >= 15 is 0 Å². The number of benzene rings is 1. The highest BCUT2D eigenvalue weighted by molar-refractivity contribution is 7.89. The van der Waals surface area contributed by atoms with E-state index in [0.29, 0.717) is 11.3 Å². The number of alkyl halides is 2. The van der Waals surface area contributed by atoms with Crippen molar-refractivity contribution >= 4 is 22.0 Å². The number of halogens is 2. The van der Waals surface area contributed by atoms with E-state index in [1.165, 1.54) is 23.1 Å². The molecule has 29 heavy (non-hydrogen) atoms. The number of aromatic amines is 1. The number of ether oxygens (including phenoxy) is 1. The van der Waals surface area contributed by atoms with Crippen molar-refractivity contribution in [2.75, 3.05) is 13.2 Å². The molecule has 3 rings (SSSR count). The van der Waals surface area contributed by atoms with Gasteiger partial charge in [0.2, 0.25) is 15.9 Å². The Bertz CT molecular complexity index is 1010. The fraction of sp³-hybridized carbons (Fsp3) is 0.294. The summed E-state index contributed by atoms with van der Waals surface area (Å²) in [4.78, 5) is 26.9. The SMILES string of the molecule is O=C1CN(Cc2c[nH]c(CNS(=O)(=O)c3cccc(OCC(F)F)c3)c2)C(=O)N1. The van der Waals surface area contributed by atoms with Crippen molar-refractivity contribution in [2.24, 2.45) is 0 Å². The third kappa shape index (κ3) is 5.51. The number of carbonyl (C=O) groups excluding carboxylic acids is 2. The summed E-state index contributed by atoms with van der Waals surface area (Å²) in [5.74, 6) is -0.355. The number of urea groups is 1. The number of imide groups is 1. The Hall–Kier alpha value is -2.99. The van der Waals surface area contributed by atoms with E-state index < -0.39 is 29.1 Å². The zero-order chi connectivity index (χ0) is 21.0. The monoisotopic (exact) mass is 428 g/mol. The average Bonchev–Trinajstić information content (AvgIpc) is 3.24. The molecule has 1 aliphatic heterocycles. The molecule has 2 heterocycles. The highest BCUT2D eigenvalue weighted by Gasteiger charge is 2.26. The maximum atomic E-state index is 12.4. The summed E-state index contributed by atoms with van der Waals surface area (Å²) in [6, 6.07) is 6.45. The standard InChI is InChI=1S/C17H18F2N4O5S/c18-15(19)10-28-13-2-1-3-14(5-13)29(26,27)21-7-12-4-11(6-20-12)8-23-9-16(24)22-17(23)25/h1-6,15,20-21H,7-10H2,(H,22,24,25). The molecule has 0 saturated carbocycles. The van der Waals surface area contributed by atoms with Gasteiger partial charge < -0.3 is 14.6 Å². The number of aromatic nitrogens is 1. The fourth-order valence-electron chi connectivity index (χ4n) is 2.66. The molecule has 12 heteroatoms. The summed E-state index contributed by atoms with van der Waals surface area (Å²) in [6.07, 6.45) is -1.06. The van der Waals surface area contributed by atoms with Crippen LogP contribution in [0.1, 0.15) is 11.3 Å². The van der Waals surface area contributed by atoms with E-state index in [9.17, 15) is 26.8 Å². The van der Waals surface area contributed by atoms with Crippen molar-refractivity contribution in [3.63, 3.8) is 0 Å². The van der Waals surface area contributed by atoms with E-state index in [0.717, 1.165) is 6.07 Å². The lowest BCUT2D eigenvalue weighted by Gasteiger charge is -2.11. The highest BCUT2D eigenvalue weighted by atomic mass is 32.2. The van der Waals surface area contributed by atoms with Gasteiger partial charge in [0.25, 0.3) is 6.43 Å². The van der Waals surface area contributed by atoms with Crippen LogP contribution in [0.2, 0.25) is 0 Å². The van der Waals surface area contributed by atoms with E-state index in [-0.39, 0.29) is 36.2 Å². The van der Waals surface area contributed by atoms with E-state index in [4.69, 9.17) is 4.74 Å². The third-order valence-electron chi connectivity index (χ3n) is 3.99. The van der Waals surface area contributed by atoms with Crippen LogP contribution in [-0.2, 0) is 27.9 Å². The predicted molar refractivity (Wildman–Crippen MR) is 96.7 cm³/mol. The molecule has 0 radical (unpaired) electrons. The minimum Gasteiger partial charge on any atom is -0.488 e. The van der Waals surface area contributed by atoms with Crippen LogP contribution in [-0.4, -0.2) is 49.8 Å². The number of hydrogen-bond acceptors (Lipinski definition) is 5. The van der Waals surface area contributed by atoms with Gasteiger partial charge in [0.05, 0.1) is 11.4 Å². The summed E-state index contributed by atoms with van der Waals surface area (Å²) in [5, 5.41) is 2.17. The topological polar surface area (TPSA) is 121 Å². The molecule has 0 atom stereocenters. The Morgan fingerprint density at radius 2 is 2.03 bits per heavy atom. The van der Waals surface area contributed by atoms with Crippen LogP contribution in [0, 0.1) is 0 Å². The Balaban J connectivity index is 1.59. The molecule has 0 unspecified atom stereocenters. The first kappa shape index (κ1) is 20.7. The lowest BCUT2D eigenvalue weighted by molar-refractivity contribution is -0.118. The van der Waals surface area contributed by atoms with Crippen molar-refractivity contribution in [1.82, 2.24) is 19.9 Å². The van der Waals surface area contributed by atoms with E-state index in [1.54, 1.807) is 12.3 Å². The molecule has 1 fully saturated rings. The first-order chi connectivity index (χ1) is 13.7. The molecular formula is C17H18F2N4O5S. The van der Waals surface area contributed by atoms with Crippen LogP contribution >= 0.6 is 0 Å². The van der Waals surface area contributed by atoms with Gasteiger partial charge in [-0.05, 0) is 23.8 Å². The second-order valence-electron chi connectivity index (χ2n) is 6.24. The fourth-order valence-corrected chi connectivity index (χ4v) is 3.70. The number of carbonyl (C=O) groups is 2. The molecule has 1 aliphatic rings. The van der Waals surface area contributed by atoms with Crippen LogP contribution in [0.5, 0.6) is 5.75 Å². The van der Waals surface area contributed by atoms with Crippen molar-refractivity contribution in [3.05, 3.63) is 47.8 Å². The molecule has 0 spiro atoms. The molecule has 1 saturated heterocycles. The second kappa shape index (κ2) is 8.57. The number of nitrogens with zero attached hydrogens (tertiary/aromatic N) is 1. The van der Waals surface area contributed by atoms with Gasteiger partial charge in [-0.3, -0.25) is 10.1 Å². The van der Waals surface area contributed by atoms with Crippen LogP contribution < -0.4 is 14.8 Å². The van der Waals surface area contributed by atoms with Crippen molar-refractivity contribution in [1.29, 1.82) is 0 Å². The Labute approximate surface area is 165 Å². The van der Waals surface area contributed by atoms with Crippen molar-refractivity contribution in [2.45, 2.75) is 24.4 Å². The second-order valence-corrected chi connectivity index (χ2v) is 8.01. The molecule has 2 aromatic rings. The van der Waals surface area contributed by atoms with Gasteiger partial charge in [-0.1, -0.05) is 6.07 Å². The largest absolute Gasteiger partial charge is 0.488 e. The smallest absolute Gasteiger partial charge is 0.324 e. The van der Waals surface area contributed by atoms with Gasteiger partial charge >= 0.3 is 6.03 Å². The van der Waals surface area contributed by atoms with Crippen LogP contribution in [0.15, 0.2) is 41.4 Å². The molecule has 1 aromatic heterocycles. The van der Waals surface area contributed by atoms with Crippen molar-refractivity contribution in [3.8, 4) is 5.75 Å². The van der Waals surface area contributed by atoms with E-state index in [1.807, 2.05) is 0 Å². The van der Waals surface area contributed by atoms with E-state index in [2.05, 4.69) is 15.0 Å². The Kier molecular flexibility index (Phi) is 6.13. The first-order valence-electron chi connectivity index (χ1n) is 8.48. The zero-order valence-corrected chi connectivity index (χ0v) is 15.8. The normalized spacial score (nSPS) is 14.5. The summed E-state index contributed by atoms with van der Waals surface area (Å²) in [6.45, 7) is -0.724. The quantitative estimate of drug-likeness (QED) is 0.518. The molecule has 1 aromatic carbocycles. The summed E-state index contributed by atoms with van der Waals surface area (Å²) < 4.78 is 56.6. The van der Waals surface area contributed by atoms with Crippen LogP contribution in [0.25, 0.3) is 0 Å². The molecule has 156 valence electrons. The van der Waals surface area contributed by atoms with Crippen LogP contribution in [0.3, 0.4) is 0 Å². The number of rotatable bonds is 9. The highest BCUT2D eigenvalue weighted by Crippen LogP contribution is 2.18. The first-order valence-corrected chi connectivity index (χ1v) is 9.97. The summed E-state index contributed by atoms with van der Waals surface area (Å²) >= 11 is 0. The Morgan fingerprint density at radius 1 is 1.24 bits per heavy atom.